The molecule has 0 atom stereocenters. The molecule has 3 heteroatoms. The van der Waals surface area contributed by atoms with Crippen LogP contribution in [0, 0.1) is 5.92 Å². The summed E-state index contributed by atoms with van der Waals surface area (Å²) in [6.07, 6.45) is 0. The van der Waals surface area contributed by atoms with Crippen molar-refractivity contribution in [3.63, 3.8) is 0 Å². The summed E-state index contributed by atoms with van der Waals surface area (Å²) in [7, 11) is 1.77. The van der Waals surface area contributed by atoms with Crippen molar-refractivity contribution in [3.05, 3.63) is 0 Å². The summed E-state index contributed by atoms with van der Waals surface area (Å²) in [5.41, 5.74) is 0. The van der Waals surface area contributed by atoms with Crippen molar-refractivity contribution < 1.29 is 4.79 Å². The van der Waals surface area contributed by atoms with Gasteiger partial charge in [-0.05, 0) is 5.92 Å². The van der Waals surface area contributed by atoms with Gasteiger partial charge in [-0.1, -0.05) is 13.8 Å². The van der Waals surface area contributed by atoms with Gasteiger partial charge in [0.2, 0.25) is 0 Å². The van der Waals surface area contributed by atoms with Crippen molar-refractivity contribution in [3.8, 4) is 0 Å². The molecule has 0 fully saturated rings. The molecule has 0 aliphatic rings. The van der Waals surface area contributed by atoms with E-state index in [4.69, 9.17) is 0 Å². The van der Waals surface area contributed by atoms with Crippen LogP contribution in [0.25, 0.3) is 0 Å². The van der Waals surface area contributed by atoms with Gasteiger partial charge in [0.15, 0.2) is 0 Å². The Morgan fingerprint density at radius 2 is 2.11 bits per heavy atom. The molecule has 0 aromatic carbocycles. The molecular formula is C6H12BrNO. The zero-order valence-corrected chi connectivity index (χ0v) is 7.60. The van der Waals surface area contributed by atoms with Crippen molar-refractivity contribution in [2.45, 2.75) is 13.8 Å². The fourth-order valence-corrected chi connectivity index (χ4v) is 0.764. The SMILES string of the molecule is CC(C)CN(C)C(=O)Br. The molecule has 0 unspecified atom stereocenters. The first-order valence-electron chi connectivity index (χ1n) is 2.94. The predicted molar refractivity (Wildman–Crippen MR) is 41.8 cm³/mol. The zero-order valence-electron chi connectivity index (χ0n) is 6.02. The molecule has 0 saturated carbocycles. The number of nitrogens with zero attached hydrogens (tertiary/aromatic N) is 1. The summed E-state index contributed by atoms with van der Waals surface area (Å²) < 4.78 is 0. The molecule has 0 bridgehead atoms. The van der Waals surface area contributed by atoms with Crippen LogP contribution < -0.4 is 0 Å². The number of hydrogen-bond acceptors (Lipinski definition) is 1. The van der Waals surface area contributed by atoms with E-state index in [1.165, 1.54) is 0 Å². The molecule has 0 N–H and O–H groups in total. The van der Waals surface area contributed by atoms with Crippen molar-refractivity contribution in [1.29, 1.82) is 0 Å². The van der Waals surface area contributed by atoms with Crippen LogP contribution in [-0.2, 0) is 0 Å². The van der Waals surface area contributed by atoms with Gasteiger partial charge in [-0.15, -0.1) is 0 Å². The van der Waals surface area contributed by atoms with E-state index in [9.17, 15) is 4.79 Å². The Balaban J connectivity index is 3.50. The Labute approximate surface area is 64.4 Å². The van der Waals surface area contributed by atoms with Gasteiger partial charge in [0.1, 0.15) is 0 Å². The van der Waals surface area contributed by atoms with E-state index in [1.54, 1.807) is 11.9 Å². The smallest absolute Gasteiger partial charge is 0.289 e. The Bertz CT molecular complexity index is 103. The maximum atomic E-state index is 10.5. The molecule has 1 amide bonds. The van der Waals surface area contributed by atoms with Crippen LogP contribution in [0.4, 0.5) is 4.79 Å². The largest absolute Gasteiger partial charge is 0.336 e. The molecule has 0 aliphatic carbocycles. The summed E-state index contributed by atoms with van der Waals surface area (Å²) in [5, 5.41) is 0. The fraction of sp³-hybridized carbons (Fsp3) is 0.833. The molecule has 0 aromatic rings. The molecule has 0 saturated heterocycles. The second-order valence-corrected chi connectivity index (χ2v) is 3.21. The number of carbonyl (C=O) groups is 1. The van der Waals surface area contributed by atoms with E-state index < -0.39 is 0 Å². The zero-order chi connectivity index (χ0) is 7.44. The van der Waals surface area contributed by atoms with Gasteiger partial charge >= 0.3 is 0 Å². The van der Waals surface area contributed by atoms with Gasteiger partial charge < -0.3 is 4.90 Å². The first-order chi connectivity index (χ1) is 4.04. The summed E-state index contributed by atoms with van der Waals surface area (Å²) in [5.74, 6) is 0.538. The third kappa shape index (κ3) is 4.45. The summed E-state index contributed by atoms with van der Waals surface area (Å²) >= 11 is 2.86. The minimum Gasteiger partial charge on any atom is -0.336 e. The molecule has 0 heterocycles. The highest BCUT2D eigenvalue weighted by Gasteiger charge is 2.04. The molecule has 0 rings (SSSR count). The molecule has 0 aliphatic heterocycles. The average Bonchev–Trinajstić information content (AvgIpc) is 1.63. The van der Waals surface area contributed by atoms with Gasteiger partial charge in [-0.25, -0.2) is 0 Å². The van der Waals surface area contributed by atoms with Crippen LogP contribution in [0.3, 0.4) is 0 Å². The molecule has 2 nitrogen and oxygen atoms in total. The maximum absolute atomic E-state index is 10.5. The van der Waals surface area contributed by atoms with Gasteiger partial charge in [-0.2, -0.15) is 0 Å². The van der Waals surface area contributed by atoms with Crippen LogP contribution in [0.2, 0.25) is 0 Å². The normalized spacial score (nSPS) is 9.89. The lowest BCUT2D eigenvalue weighted by Crippen LogP contribution is -2.24. The maximum Gasteiger partial charge on any atom is 0.289 e. The minimum atomic E-state index is -0.0452. The van der Waals surface area contributed by atoms with Crippen molar-refractivity contribution in [2.24, 2.45) is 5.92 Å². The van der Waals surface area contributed by atoms with Crippen LogP contribution in [0.1, 0.15) is 13.8 Å². The van der Waals surface area contributed by atoms with E-state index in [1.807, 2.05) is 0 Å². The van der Waals surface area contributed by atoms with E-state index >= 15 is 0 Å². The van der Waals surface area contributed by atoms with E-state index in [0.717, 1.165) is 6.54 Å². The Morgan fingerprint density at radius 1 is 1.67 bits per heavy atom. The summed E-state index contributed by atoms with van der Waals surface area (Å²) in [4.78, 5) is 12.1. The number of halogens is 1. The molecule has 0 aromatic heterocycles. The average molecular weight is 194 g/mol. The number of amides is 1. The lowest BCUT2D eigenvalue weighted by Gasteiger charge is -2.15. The minimum absolute atomic E-state index is 0.0452. The van der Waals surface area contributed by atoms with Gasteiger partial charge in [0.25, 0.3) is 4.82 Å². The topological polar surface area (TPSA) is 20.3 Å². The van der Waals surface area contributed by atoms with Gasteiger partial charge in [0, 0.05) is 29.5 Å². The van der Waals surface area contributed by atoms with Crippen LogP contribution in [0.5, 0.6) is 0 Å². The lowest BCUT2D eigenvalue weighted by molar-refractivity contribution is 0.229. The number of carbonyl (C=O) groups excluding carboxylic acids is 1. The fourth-order valence-electron chi connectivity index (χ4n) is 0.619. The van der Waals surface area contributed by atoms with Crippen molar-refractivity contribution in [1.82, 2.24) is 4.90 Å². The third-order valence-corrected chi connectivity index (χ3v) is 1.54. The van der Waals surface area contributed by atoms with Gasteiger partial charge in [0.05, 0.1) is 0 Å². The van der Waals surface area contributed by atoms with Gasteiger partial charge in [-0.3, -0.25) is 4.79 Å². The first-order valence-corrected chi connectivity index (χ1v) is 3.74. The van der Waals surface area contributed by atoms with Crippen LogP contribution in [0.15, 0.2) is 0 Å². The standard InChI is InChI=1S/C6H12BrNO/c1-5(2)4-8(3)6(7)9/h5H,4H2,1-3H3. The van der Waals surface area contributed by atoms with Crippen LogP contribution >= 0.6 is 15.9 Å². The van der Waals surface area contributed by atoms with E-state index in [2.05, 4.69) is 29.8 Å². The quantitative estimate of drug-likeness (QED) is 0.486. The Morgan fingerprint density at radius 3 is 2.22 bits per heavy atom. The molecule has 0 spiro atoms. The summed E-state index contributed by atoms with van der Waals surface area (Å²) in [6, 6.07) is 0. The molecular weight excluding hydrogens is 182 g/mol. The Hall–Kier alpha value is -0.0500. The highest BCUT2D eigenvalue weighted by molar-refractivity contribution is 9.18. The number of rotatable bonds is 2. The second kappa shape index (κ2) is 3.88. The van der Waals surface area contributed by atoms with E-state index in [-0.39, 0.29) is 4.82 Å². The molecule has 54 valence electrons. The Kier molecular flexibility index (Phi) is 3.86. The first kappa shape index (κ1) is 8.95. The van der Waals surface area contributed by atoms with E-state index in [0.29, 0.717) is 5.92 Å². The van der Waals surface area contributed by atoms with Crippen molar-refractivity contribution in [2.75, 3.05) is 13.6 Å². The molecule has 0 radical (unpaired) electrons. The predicted octanol–water partition coefficient (Wildman–Crippen LogP) is 2.09. The lowest BCUT2D eigenvalue weighted by atomic mass is 10.2. The van der Waals surface area contributed by atoms with Crippen molar-refractivity contribution >= 4 is 20.7 Å². The summed E-state index contributed by atoms with van der Waals surface area (Å²) in [6.45, 7) is 4.96. The second-order valence-electron chi connectivity index (χ2n) is 2.53. The molecule has 9 heavy (non-hydrogen) atoms. The third-order valence-electron chi connectivity index (χ3n) is 0.939. The number of hydrogen-bond donors (Lipinski definition) is 0. The highest BCUT2D eigenvalue weighted by Crippen LogP contribution is 2.00. The monoisotopic (exact) mass is 193 g/mol. The highest BCUT2D eigenvalue weighted by atomic mass is 79.9. The van der Waals surface area contributed by atoms with Crippen LogP contribution in [-0.4, -0.2) is 23.3 Å².